The van der Waals surface area contributed by atoms with Gasteiger partial charge in [-0.05, 0) is 24.5 Å². The number of benzene rings is 1. The Morgan fingerprint density at radius 1 is 1.38 bits per heavy atom. The molecular formula is C10H13ClN2. The van der Waals surface area contributed by atoms with Crippen LogP contribution in [0.15, 0.2) is 24.3 Å². The lowest BCUT2D eigenvalue weighted by Gasteiger charge is -2.20. The molecule has 1 aromatic rings. The van der Waals surface area contributed by atoms with E-state index in [1.165, 1.54) is 0 Å². The van der Waals surface area contributed by atoms with E-state index in [-0.39, 0.29) is 0 Å². The lowest BCUT2D eigenvalue weighted by atomic mass is 10.1. The van der Waals surface area contributed by atoms with Crippen molar-refractivity contribution in [1.29, 1.82) is 0 Å². The molecule has 1 aliphatic heterocycles. The van der Waals surface area contributed by atoms with E-state index in [2.05, 4.69) is 6.07 Å². The van der Waals surface area contributed by atoms with Crippen LogP contribution in [-0.4, -0.2) is 11.6 Å². The molecule has 1 atom stereocenters. The van der Waals surface area contributed by atoms with Gasteiger partial charge in [0.05, 0.1) is 6.04 Å². The topological polar surface area (TPSA) is 29.3 Å². The van der Waals surface area contributed by atoms with Gasteiger partial charge in [0.2, 0.25) is 0 Å². The Bertz CT molecular complexity index is 301. The molecule has 0 spiro atoms. The molecule has 1 saturated heterocycles. The highest BCUT2D eigenvalue weighted by Crippen LogP contribution is 2.33. The van der Waals surface area contributed by atoms with E-state index in [4.69, 9.17) is 17.4 Å². The fourth-order valence-electron chi connectivity index (χ4n) is 1.87. The van der Waals surface area contributed by atoms with Crippen molar-refractivity contribution in [2.75, 3.05) is 6.54 Å². The molecule has 0 saturated carbocycles. The van der Waals surface area contributed by atoms with Crippen LogP contribution < -0.4 is 5.84 Å². The van der Waals surface area contributed by atoms with Crippen molar-refractivity contribution in [2.45, 2.75) is 18.9 Å². The van der Waals surface area contributed by atoms with Gasteiger partial charge in [-0.3, -0.25) is 5.84 Å². The maximum Gasteiger partial charge on any atom is 0.0505 e. The smallest absolute Gasteiger partial charge is 0.0505 e. The minimum absolute atomic E-state index is 0.314. The number of nitrogens with two attached hydrogens (primary N) is 1. The number of halogens is 1. The summed E-state index contributed by atoms with van der Waals surface area (Å²) in [5.74, 6) is 5.85. The van der Waals surface area contributed by atoms with Crippen molar-refractivity contribution in [3.63, 3.8) is 0 Å². The minimum Gasteiger partial charge on any atom is -0.268 e. The average molecular weight is 197 g/mol. The monoisotopic (exact) mass is 196 g/mol. The molecule has 0 aliphatic carbocycles. The highest BCUT2D eigenvalue weighted by atomic mass is 35.5. The molecule has 1 aromatic carbocycles. The van der Waals surface area contributed by atoms with Crippen LogP contribution in [0.5, 0.6) is 0 Å². The summed E-state index contributed by atoms with van der Waals surface area (Å²) < 4.78 is 0. The van der Waals surface area contributed by atoms with Gasteiger partial charge < -0.3 is 0 Å². The summed E-state index contributed by atoms with van der Waals surface area (Å²) in [7, 11) is 0. The zero-order valence-electron chi connectivity index (χ0n) is 7.41. The molecule has 13 heavy (non-hydrogen) atoms. The molecule has 1 heterocycles. The van der Waals surface area contributed by atoms with Crippen LogP contribution in [0, 0.1) is 0 Å². The molecule has 3 heteroatoms. The SMILES string of the molecule is NN1CCC[C@H]1c1ccccc1Cl. The summed E-state index contributed by atoms with van der Waals surface area (Å²) in [6, 6.07) is 8.24. The second-order valence-electron chi connectivity index (χ2n) is 3.42. The third-order valence-electron chi connectivity index (χ3n) is 2.56. The fraction of sp³-hybridized carbons (Fsp3) is 0.400. The molecule has 1 fully saturated rings. The first-order valence-corrected chi connectivity index (χ1v) is 4.92. The quantitative estimate of drug-likeness (QED) is 0.699. The van der Waals surface area contributed by atoms with E-state index in [1.807, 2.05) is 23.2 Å². The van der Waals surface area contributed by atoms with Crippen LogP contribution in [0.3, 0.4) is 0 Å². The van der Waals surface area contributed by atoms with E-state index >= 15 is 0 Å². The minimum atomic E-state index is 0.314. The maximum absolute atomic E-state index is 6.09. The van der Waals surface area contributed by atoms with E-state index in [1.54, 1.807) is 0 Å². The van der Waals surface area contributed by atoms with Gasteiger partial charge >= 0.3 is 0 Å². The first kappa shape index (κ1) is 9.00. The van der Waals surface area contributed by atoms with Gasteiger partial charge in [0.1, 0.15) is 0 Å². The predicted octanol–water partition coefficient (Wildman–Crippen LogP) is 2.35. The Balaban J connectivity index is 2.29. The van der Waals surface area contributed by atoms with Crippen molar-refractivity contribution in [2.24, 2.45) is 5.84 Å². The Labute approximate surface area is 83.3 Å². The lowest BCUT2D eigenvalue weighted by Crippen LogP contribution is -2.30. The zero-order valence-corrected chi connectivity index (χ0v) is 8.17. The predicted molar refractivity (Wildman–Crippen MR) is 54.3 cm³/mol. The maximum atomic E-state index is 6.09. The largest absolute Gasteiger partial charge is 0.268 e. The van der Waals surface area contributed by atoms with Crippen LogP contribution in [0.4, 0.5) is 0 Å². The van der Waals surface area contributed by atoms with E-state index in [0.717, 1.165) is 30.0 Å². The molecule has 0 bridgehead atoms. The van der Waals surface area contributed by atoms with Crippen molar-refractivity contribution in [3.8, 4) is 0 Å². The van der Waals surface area contributed by atoms with Gasteiger partial charge in [-0.25, -0.2) is 5.01 Å². The number of hydrazine groups is 1. The highest BCUT2D eigenvalue weighted by Gasteiger charge is 2.24. The van der Waals surface area contributed by atoms with Crippen molar-refractivity contribution in [1.82, 2.24) is 5.01 Å². The molecular weight excluding hydrogens is 184 g/mol. The molecule has 0 aromatic heterocycles. The van der Waals surface area contributed by atoms with Crippen LogP contribution in [-0.2, 0) is 0 Å². The van der Waals surface area contributed by atoms with Crippen molar-refractivity contribution < 1.29 is 0 Å². The Hall–Kier alpha value is -0.570. The Morgan fingerprint density at radius 2 is 2.15 bits per heavy atom. The normalized spacial score (nSPS) is 23.7. The van der Waals surface area contributed by atoms with Gasteiger partial charge in [-0.2, -0.15) is 0 Å². The first-order chi connectivity index (χ1) is 6.29. The summed E-state index contributed by atoms with van der Waals surface area (Å²) in [5.41, 5.74) is 1.16. The number of hydrogen-bond acceptors (Lipinski definition) is 2. The molecule has 1 aliphatic rings. The molecule has 2 rings (SSSR count). The molecule has 70 valence electrons. The molecule has 2 N–H and O–H groups in total. The van der Waals surface area contributed by atoms with Gasteiger partial charge in [0.15, 0.2) is 0 Å². The number of nitrogens with zero attached hydrogens (tertiary/aromatic N) is 1. The third kappa shape index (κ3) is 1.70. The van der Waals surface area contributed by atoms with E-state index in [9.17, 15) is 0 Å². The average Bonchev–Trinajstić information content (AvgIpc) is 2.52. The van der Waals surface area contributed by atoms with Crippen LogP contribution in [0.2, 0.25) is 5.02 Å². The standard InChI is InChI=1S/C10H13ClN2/c11-9-5-2-1-4-8(9)10-6-3-7-13(10)12/h1-2,4-5,10H,3,6-7,12H2/t10-/m0/s1. The van der Waals surface area contributed by atoms with Gasteiger partial charge in [0, 0.05) is 11.6 Å². The van der Waals surface area contributed by atoms with E-state index in [0.29, 0.717) is 6.04 Å². The number of rotatable bonds is 1. The molecule has 0 unspecified atom stereocenters. The summed E-state index contributed by atoms with van der Waals surface area (Å²) in [4.78, 5) is 0. The molecule has 0 amide bonds. The summed E-state index contributed by atoms with van der Waals surface area (Å²) in [5, 5.41) is 2.70. The summed E-state index contributed by atoms with van der Waals surface area (Å²) >= 11 is 6.09. The second-order valence-corrected chi connectivity index (χ2v) is 3.82. The van der Waals surface area contributed by atoms with Crippen molar-refractivity contribution in [3.05, 3.63) is 34.9 Å². The third-order valence-corrected chi connectivity index (χ3v) is 2.90. The summed E-state index contributed by atoms with van der Waals surface area (Å²) in [6.45, 7) is 0.968. The van der Waals surface area contributed by atoms with Gasteiger partial charge in [0.25, 0.3) is 0 Å². The van der Waals surface area contributed by atoms with Crippen LogP contribution >= 0.6 is 11.6 Å². The summed E-state index contributed by atoms with van der Waals surface area (Å²) in [6.07, 6.45) is 2.27. The Morgan fingerprint density at radius 3 is 2.77 bits per heavy atom. The molecule has 2 nitrogen and oxygen atoms in total. The van der Waals surface area contributed by atoms with Gasteiger partial charge in [-0.15, -0.1) is 0 Å². The lowest BCUT2D eigenvalue weighted by molar-refractivity contribution is 0.266. The second kappa shape index (κ2) is 3.66. The van der Waals surface area contributed by atoms with Crippen LogP contribution in [0.1, 0.15) is 24.4 Å². The number of hydrogen-bond donors (Lipinski definition) is 1. The van der Waals surface area contributed by atoms with Crippen LogP contribution in [0.25, 0.3) is 0 Å². The zero-order chi connectivity index (χ0) is 9.26. The fourth-order valence-corrected chi connectivity index (χ4v) is 2.13. The Kier molecular flexibility index (Phi) is 2.54. The van der Waals surface area contributed by atoms with E-state index < -0.39 is 0 Å². The highest BCUT2D eigenvalue weighted by molar-refractivity contribution is 6.31. The van der Waals surface area contributed by atoms with Crippen molar-refractivity contribution >= 4 is 11.6 Å². The molecule has 0 radical (unpaired) electrons. The first-order valence-electron chi connectivity index (χ1n) is 4.55. The van der Waals surface area contributed by atoms with Gasteiger partial charge in [-0.1, -0.05) is 29.8 Å².